The number of thiophene rings is 1. The first kappa shape index (κ1) is 17.9. The fourth-order valence-corrected chi connectivity index (χ4v) is 4.06. The summed E-state index contributed by atoms with van der Waals surface area (Å²) in [7, 11) is 0. The minimum absolute atomic E-state index is 0.0366. The Morgan fingerprint density at radius 1 is 1.44 bits per heavy atom. The van der Waals surface area contributed by atoms with Crippen molar-refractivity contribution in [3.05, 3.63) is 51.0 Å². The fraction of sp³-hybridized carbons (Fsp3) is 0.389. The van der Waals surface area contributed by atoms with Gasteiger partial charge in [-0.2, -0.15) is 23.1 Å². The molecule has 0 aliphatic carbocycles. The highest BCUT2D eigenvalue weighted by molar-refractivity contribution is 7.99. The largest absolute Gasteiger partial charge is 0.351 e. The van der Waals surface area contributed by atoms with Gasteiger partial charge < -0.3 is 10.2 Å². The summed E-state index contributed by atoms with van der Waals surface area (Å²) in [5.41, 5.74) is 5.09. The zero-order valence-corrected chi connectivity index (χ0v) is 16.0. The molecule has 0 spiro atoms. The highest BCUT2D eigenvalue weighted by atomic mass is 32.2. The maximum Gasteiger partial charge on any atom is 0.255 e. The van der Waals surface area contributed by atoms with Gasteiger partial charge in [0.2, 0.25) is 5.91 Å². The monoisotopic (exact) mass is 375 g/mol. The molecule has 0 fully saturated rings. The van der Waals surface area contributed by atoms with Crippen LogP contribution in [0.1, 0.15) is 32.7 Å². The van der Waals surface area contributed by atoms with Gasteiger partial charge in [-0.15, -0.1) is 0 Å². The molecule has 1 aliphatic heterocycles. The Balaban J connectivity index is 1.76. The first-order valence-corrected chi connectivity index (χ1v) is 10.5. The predicted molar refractivity (Wildman–Crippen MR) is 102 cm³/mol. The van der Waals surface area contributed by atoms with Crippen LogP contribution >= 0.6 is 23.1 Å². The number of nitrogens with zero attached hydrogens (tertiary/aromatic N) is 2. The lowest BCUT2D eigenvalue weighted by Gasteiger charge is -2.30. The lowest BCUT2D eigenvalue weighted by atomic mass is 9.94. The molecule has 0 saturated carbocycles. The molecule has 3 heterocycles. The molecule has 0 aromatic carbocycles. The Labute approximate surface area is 155 Å². The third-order valence-electron chi connectivity index (χ3n) is 4.39. The van der Waals surface area contributed by atoms with E-state index in [-0.39, 0.29) is 11.8 Å². The smallest absolute Gasteiger partial charge is 0.255 e. The first-order chi connectivity index (χ1) is 12.1. The van der Waals surface area contributed by atoms with Gasteiger partial charge in [0, 0.05) is 36.9 Å². The minimum atomic E-state index is 0.0366. The summed E-state index contributed by atoms with van der Waals surface area (Å²) in [5.74, 6) is 0.571. The average molecular weight is 376 g/mol. The van der Waals surface area contributed by atoms with E-state index in [0.29, 0.717) is 25.4 Å². The molecule has 0 radical (unpaired) electrons. The normalized spacial score (nSPS) is 13.4. The molecule has 2 aromatic heterocycles. The summed E-state index contributed by atoms with van der Waals surface area (Å²) >= 11 is 3.04. The van der Waals surface area contributed by atoms with Crippen molar-refractivity contribution in [3.63, 3.8) is 0 Å². The van der Waals surface area contributed by atoms with Gasteiger partial charge in [-0.25, -0.2) is 0 Å². The molecule has 0 atom stereocenters. The van der Waals surface area contributed by atoms with Gasteiger partial charge in [0.05, 0.1) is 11.3 Å². The Morgan fingerprint density at radius 2 is 2.28 bits per heavy atom. The number of amides is 2. The Kier molecular flexibility index (Phi) is 5.75. The molecular formula is C18H21N3O2S2. The fourth-order valence-electron chi connectivity index (χ4n) is 3.07. The van der Waals surface area contributed by atoms with E-state index in [1.807, 2.05) is 41.1 Å². The number of aromatic nitrogens is 1. The van der Waals surface area contributed by atoms with Crippen LogP contribution < -0.4 is 5.32 Å². The van der Waals surface area contributed by atoms with Gasteiger partial charge in [-0.1, -0.05) is 0 Å². The summed E-state index contributed by atoms with van der Waals surface area (Å²) in [6.07, 6.45) is 4.57. The molecule has 3 rings (SSSR count). The zero-order chi connectivity index (χ0) is 17.8. The van der Waals surface area contributed by atoms with Gasteiger partial charge in [0.15, 0.2) is 0 Å². The van der Waals surface area contributed by atoms with Crippen molar-refractivity contribution in [1.29, 1.82) is 0 Å². The molecule has 5 nitrogen and oxygen atoms in total. The first-order valence-electron chi connectivity index (χ1n) is 8.13. The van der Waals surface area contributed by atoms with E-state index >= 15 is 0 Å². The lowest BCUT2D eigenvalue weighted by Crippen LogP contribution is -2.37. The number of nitrogens with one attached hydrogen (secondary N) is 1. The van der Waals surface area contributed by atoms with Crippen molar-refractivity contribution in [2.24, 2.45) is 0 Å². The number of aryl methyl sites for hydroxylation is 1. The van der Waals surface area contributed by atoms with Gasteiger partial charge >= 0.3 is 0 Å². The van der Waals surface area contributed by atoms with Crippen molar-refractivity contribution in [2.45, 2.75) is 26.4 Å². The SMILES string of the molecule is CSCC(=O)NCc1c(C)ncc2c1CCN(C(=O)c1ccsc1)C2. The number of rotatable bonds is 5. The van der Waals surface area contributed by atoms with Crippen molar-refractivity contribution in [2.75, 3.05) is 18.6 Å². The predicted octanol–water partition coefficient (Wildman–Crippen LogP) is 2.63. The summed E-state index contributed by atoms with van der Waals surface area (Å²) in [4.78, 5) is 30.7. The van der Waals surface area contributed by atoms with E-state index in [1.54, 1.807) is 0 Å². The minimum Gasteiger partial charge on any atom is -0.351 e. The zero-order valence-electron chi connectivity index (χ0n) is 14.4. The number of hydrogen-bond donors (Lipinski definition) is 1. The second-order valence-corrected chi connectivity index (χ2v) is 7.67. The van der Waals surface area contributed by atoms with Crippen LogP contribution in [0.3, 0.4) is 0 Å². The van der Waals surface area contributed by atoms with Crippen molar-refractivity contribution in [1.82, 2.24) is 15.2 Å². The standard InChI is InChI=1S/C18H21N3O2S2/c1-12-16(8-20-17(22)11-24-2)15-3-5-21(9-14(15)7-19-12)18(23)13-4-6-25-10-13/h4,6-7,10H,3,5,8-9,11H2,1-2H3,(H,20,22). The van der Waals surface area contributed by atoms with E-state index < -0.39 is 0 Å². The highest BCUT2D eigenvalue weighted by Crippen LogP contribution is 2.25. The van der Waals surface area contributed by atoms with Crippen LogP contribution in [-0.2, 0) is 24.3 Å². The maximum atomic E-state index is 12.6. The van der Waals surface area contributed by atoms with Crippen LogP contribution in [0.4, 0.5) is 0 Å². The number of thioether (sulfide) groups is 1. The number of pyridine rings is 1. The van der Waals surface area contributed by atoms with Crippen LogP contribution in [0.25, 0.3) is 0 Å². The van der Waals surface area contributed by atoms with E-state index in [2.05, 4.69) is 10.3 Å². The maximum absolute atomic E-state index is 12.6. The third-order valence-corrected chi connectivity index (χ3v) is 5.62. The summed E-state index contributed by atoms with van der Waals surface area (Å²) in [5, 5.41) is 6.78. The molecule has 2 amide bonds. The number of carbonyl (C=O) groups excluding carboxylic acids is 2. The van der Waals surface area contributed by atoms with E-state index in [1.165, 1.54) is 28.7 Å². The Bertz CT molecular complexity index is 775. The Hall–Kier alpha value is -1.86. The van der Waals surface area contributed by atoms with Crippen LogP contribution in [-0.4, -0.2) is 40.3 Å². The molecule has 132 valence electrons. The topological polar surface area (TPSA) is 62.3 Å². The van der Waals surface area contributed by atoms with Gasteiger partial charge in [-0.05, 0) is 47.7 Å². The summed E-state index contributed by atoms with van der Waals surface area (Å²) < 4.78 is 0. The van der Waals surface area contributed by atoms with Crippen LogP contribution in [0.5, 0.6) is 0 Å². The van der Waals surface area contributed by atoms with Crippen LogP contribution in [0.15, 0.2) is 23.0 Å². The summed E-state index contributed by atoms with van der Waals surface area (Å²) in [6.45, 7) is 3.74. The second kappa shape index (κ2) is 8.01. The Morgan fingerprint density at radius 3 is 3.00 bits per heavy atom. The molecule has 0 saturated heterocycles. The van der Waals surface area contributed by atoms with Gasteiger partial charge in [0.25, 0.3) is 5.91 Å². The van der Waals surface area contributed by atoms with Gasteiger partial charge in [0.1, 0.15) is 0 Å². The van der Waals surface area contributed by atoms with Crippen LogP contribution in [0, 0.1) is 6.92 Å². The quantitative estimate of drug-likeness (QED) is 0.873. The van der Waals surface area contributed by atoms with Crippen molar-refractivity contribution < 1.29 is 9.59 Å². The third kappa shape index (κ3) is 4.04. The van der Waals surface area contributed by atoms with Crippen molar-refractivity contribution in [3.8, 4) is 0 Å². The van der Waals surface area contributed by atoms with Crippen LogP contribution in [0.2, 0.25) is 0 Å². The molecule has 1 N–H and O–H groups in total. The summed E-state index contributed by atoms with van der Waals surface area (Å²) in [6, 6.07) is 1.86. The molecular weight excluding hydrogens is 354 g/mol. The molecule has 0 unspecified atom stereocenters. The molecule has 0 bridgehead atoms. The lowest BCUT2D eigenvalue weighted by molar-refractivity contribution is -0.118. The van der Waals surface area contributed by atoms with Gasteiger partial charge in [-0.3, -0.25) is 14.6 Å². The molecule has 2 aromatic rings. The van der Waals surface area contributed by atoms with E-state index in [0.717, 1.165) is 28.8 Å². The van der Waals surface area contributed by atoms with E-state index in [4.69, 9.17) is 0 Å². The van der Waals surface area contributed by atoms with E-state index in [9.17, 15) is 9.59 Å². The molecule has 1 aliphatic rings. The number of fused-ring (bicyclic) bond motifs is 1. The second-order valence-electron chi connectivity index (χ2n) is 6.02. The number of hydrogen-bond acceptors (Lipinski definition) is 5. The van der Waals surface area contributed by atoms with Crippen molar-refractivity contribution >= 4 is 34.9 Å². The molecule has 7 heteroatoms. The molecule has 25 heavy (non-hydrogen) atoms. The average Bonchev–Trinajstić information content (AvgIpc) is 3.14. The highest BCUT2D eigenvalue weighted by Gasteiger charge is 2.24. The number of carbonyl (C=O) groups is 2.